The largest absolute Gasteiger partial charge is 0.460 e. The molecule has 1 aromatic carbocycles. The molecule has 1 aromatic rings. The predicted molar refractivity (Wildman–Crippen MR) is 148 cm³/mol. The number of hydrogen-bond donors (Lipinski definition) is 4. The van der Waals surface area contributed by atoms with Crippen LogP contribution in [-0.4, -0.2) is 66.2 Å². The lowest BCUT2D eigenvalue weighted by molar-refractivity contribution is -0.159. The molecule has 0 spiro atoms. The molecule has 0 saturated carbocycles. The van der Waals surface area contributed by atoms with Crippen LogP contribution in [0, 0.1) is 0 Å². The van der Waals surface area contributed by atoms with Crippen LogP contribution in [0.2, 0.25) is 0 Å². The quantitative estimate of drug-likeness (QED) is 0.150. The van der Waals surface area contributed by atoms with E-state index in [4.69, 9.17) is 19.9 Å². The van der Waals surface area contributed by atoms with Crippen molar-refractivity contribution < 1.29 is 38.2 Å². The normalized spacial score (nSPS) is 12.9. The summed E-state index contributed by atoms with van der Waals surface area (Å²) in [6.45, 7) is 10.2. The van der Waals surface area contributed by atoms with E-state index in [0.717, 1.165) is 5.56 Å². The van der Waals surface area contributed by atoms with Gasteiger partial charge in [-0.2, -0.15) is 0 Å². The van der Waals surface area contributed by atoms with Gasteiger partial charge >= 0.3 is 18.0 Å². The fourth-order valence-electron chi connectivity index (χ4n) is 3.26. The summed E-state index contributed by atoms with van der Waals surface area (Å²) in [6, 6.07) is 7.11. The number of carbonyl (C=O) groups is 5. The van der Waals surface area contributed by atoms with Crippen molar-refractivity contribution in [1.82, 2.24) is 16.0 Å². The molecule has 0 saturated heterocycles. The van der Waals surface area contributed by atoms with Gasteiger partial charge in [0, 0.05) is 6.54 Å². The number of nitrogens with two attached hydrogens (primary N) is 1. The first kappa shape index (κ1) is 34.4. The number of amides is 3. The summed E-state index contributed by atoms with van der Waals surface area (Å²) in [7, 11) is 0. The fraction of sp³-hybridized carbons (Fsp3) is 0.607. The molecule has 0 aliphatic carbocycles. The maximum Gasteiger partial charge on any atom is 0.407 e. The molecule has 0 fully saturated rings. The van der Waals surface area contributed by atoms with Gasteiger partial charge < -0.3 is 35.9 Å². The molecule has 12 heteroatoms. The molecule has 3 amide bonds. The maximum absolute atomic E-state index is 12.7. The lowest BCUT2D eigenvalue weighted by Crippen LogP contribution is -2.50. The van der Waals surface area contributed by atoms with Gasteiger partial charge in [0.05, 0.1) is 19.0 Å². The van der Waals surface area contributed by atoms with E-state index in [2.05, 4.69) is 16.0 Å². The molecule has 0 aliphatic heterocycles. The minimum atomic E-state index is -1.20. The van der Waals surface area contributed by atoms with Gasteiger partial charge in [-0.25, -0.2) is 9.59 Å². The van der Waals surface area contributed by atoms with Crippen LogP contribution in [0.15, 0.2) is 30.3 Å². The third-order valence-electron chi connectivity index (χ3n) is 4.99. The molecule has 2 atom stereocenters. The Balaban J connectivity index is 2.50. The van der Waals surface area contributed by atoms with Crippen molar-refractivity contribution in [1.29, 1.82) is 0 Å². The average molecular weight is 565 g/mol. The molecule has 5 N–H and O–H groups in total. The Labute approximate surface area is 236 Å². The van der Waals surface area contributed by atoms with Crippen LogP contribution < -0.4 is 21.7 Å². The molecular weight excluding hydrogens is 520 g/mol. The first-order valence-electron chi connectivity index (χ1n) is 13.3. The van der Waals surface area contributed by atoms with Gasteiger partial charge in [-0.1, -0.05) is 30.3 Å². The Kier molecular flexibility index (Phi) is 14.1. The van der Waals surface area contributed by atoms with Crippen LogP contribution in [0.4, 0.5) is 4.79 Å². The molecule has 0 unspecified atom stereocenters. The number of rotatable bonds is 14. The van der Waals surface area contributed by atoms with E-state index in [1.54, 1.807) is 41.5 Å². The number of nitrogens with one attached hydrogen (secondary N) is 3. The summed E-state index contributed by atoms with van der Waals surface area (Å²) >= 11 is 0. The van der Waals surface area contributed by atoms with Crippen molar-refractivity contribution in [3.05, 3.63) is 35.9 Å². The zero-order valence-electron chi connectivity index (χ0n) is 24.3. The van der Waals surface area contributed by atoms with E-state index in [1.165, 1.54) is 0 Å². The summed E-state index contributed by atoms with van der Waals surface area (Å²) in [5, 5.41) is 7.58. The highest BCUT2D eigenvalue weighted by atomic mass is 16.6. The minimum absolute atomic E-state index is 0.155. The van der Waals surface area contributed by atoms with Crippen LogP contribution in [-0.2, 0) is 40.0 Å². The van der Waals surface area contributed by atoms with Crippen LogP contribution in [0.1, 0.15) is 72.8 Å². The summed E-state index contributed by atoms with van der Waals surface area (Å²) in [6.07, 6.45) is 0.343. The number of benzene rings is 1. The second-order valence-corrected chi connectivity index (χ2v) is 11.3. The van der Waals surface area contributed by atoms with Crippen molar-refractivity contribution in [3.8, 4) is 0 Å². The number of carbonyl (C=O) groups excluding carboxylic acids is 5. The summed E-state index contributed by atoms with van der Waals surface area (Å²) < 4.78 is 15.7. The fourth-order valence-corrected chi connectivity index (χ4v) is 3.26. The third kappa shape index (κ3) is 16.3. The SMILES string of the molecule is CC(C)(C)OC(=O)C[C@H](N)C(=O)NCC(=O)N[C@@H](CCCCNC(=O)OCc1ccccc1)C(=O)OC(C)(C)C. The van der Waals surface area contributed by atoms with Crippen LogP contribution in [0.5, 0.6) is 0 Å². The first-order valence-corrected chi connectivity index (χ1v) is 13.3. The Morgan fingerprint density at radius 2 is 1.50 bits per heavy atom. The topological polar surface area (TPSA) is 175 Å². The van der Waals surface area contributed by atoms with E-state index in [0.29, 0.717) is 19.4 Å². The Bertz CT molecular complexity index is 986. The molecule has 0 aromatic heterocycles. The number of esters is 2. The zero-order chi connectivity index (χ0) is 30.3. The first-order chi connectivity index (χ1) is 18.6. The summed E-state index contributed by atoms with van der Waals surface area (Å²) in [5.74, 6) is -2.59. The standard InChI is InChI=1S/C28H44N4O8/c1-27(2,3)39-23(34)16-20(29)24(35)31-17-22(33)32-21(25(36)40-28(4,5)6)14-10-11-15-30-26(37)38-18-19-12-8-7-9-13-19/h7-9,12-13,20-21H,10-11,14-18,29H2,1-6H3,(H,30,37)(H,31,35)(H,32,33)/t20-,21-/m0/s1. The van der Waals surface area contributed by atoms with Gasteiger partial charge in [0.2, 0.25) is 11.8 Å². The molecule has 12 nitrogen and oxygen atoms in total. The number of ether oxygens (including phenoxy) is 3. The maximum atomic E-state index is 12.7. The molecule has 0 heterocycles. The van der Waals surface area contributed by atoms with Crippen LogP contribution in [0.3, 0.4) is 0 Å². The average Bonchev–Trinajstić information content (AvgIpc) is 2.83. The summed E-state index contributed by atoms with van der Waals surface area (Å²) in [5.41, 5.74) is 5.13. The molecule has 0 aliphatic rings. The van der Waals surface area contributed by atoms with E-state index in [9.17, 15) is 24.0 Å². The molecule has 0 bridgehead atoms. The van der Waals surface area contributed by atoms with Gasteiger partial charge in [0.25, 0.3) is 0 Å². The van der Waals surface area contributed by atoms with Crippen LogP contribution in [0.25, 0.3) is 0 Å². The second-order valence-electron chi connectivity index (χ2n) is 11.3. The number of hydrogen-bond acceptors (Lipinski definition) is 9. The van der Waals surface area contributed by atoms with E-state index >= 15 is 0 Å². The number of unbranched alkanes of at least 4 members (excludes halogenated alkanes) is 1. The van der Waals surface area contributed by atoms with E-state index in [1.807, 2.05) is 30.3 Å². The second kappa shape index (κ2) is 16.4. The number of alkyl carbamates (subject to hydrolysis) is 1. The Morgan fingerprint density at radius 1 is 0.875 bits per heavy atom. The predicted octanol–water partition coefficient (Wildman–Crippen LogP) is 2.08. The van der Waals surface area contributed by atoms with Gasteiger partial charge in [-0.05, 0) is 66.4 Å². The minimum Gasteiger partial charge on any atom is -0.460 e. The Morgan fingerprint density at radius 3 is 2.10 bits per heavy atom. The monoisotopic (exact) mass is 564 g/mol. The van der Waals surface area contributed by atoms with E-state index < -0.39 is 59.7 Å². The van der Waals surface area contributed by atoms with Gasteiger partial charge in [-0.15, -0.1) is 0 Å². The highest BCUT2D eigenvalue weighted by Gasteiger charge is 2.27. The molecule has 1 rings (SSSR count). The Hall–Kier alpha value is -3.67. The van der Waals surface area contributed by atoms with Crippen molar-refractivity contribution in [2.24, 2.45) is 5.73 Å². The van der Waals surface area contributed by atoms with Crippen molar-refractivity contribution in [3.63, 3.8) is 0 Å². The van der Waals surface area contributed by atoms with Gasteiger partial charge in [0.1, 0.15) is 23.9 Å². The third-order valence-corrected chi connectivity index (χ3v) is 4.99. The van der Waals surface area contributed by atoms with Crippen LogP contribution >= 0.6 is 0 Å². The zero-order valence-corrected chi connectivity index (χ0v) is 24.3. The lowest BCUT2D eigenvalue weighted by atomic mass is 10.1. The van der Waals surface area contributed by atoms with Gasteiger partial charge in [-0.3, -0.25) is 14.4 Å². The molecule has 224 valence electrons. The molecular formula is C28H44N4O8. The van der Waals surface area contributed by atoms with E-state index in [-0.39, 0.29) is 19.4 Å². The highest BCUT2D eigenvalue weighted by molar-refractivity contribution is 5.91. The smallest absolute Gasteiger partial charge is 0.407 e. The summed E-state index contributed by atoms with van der Waals surface area (Å²) in [4.78, 5) is 61.2. The van der Waals surface area contributed by atoms with Crippen molar-refractivity contribution >= 4 is 29.8 Å². The van der Waals surface area contributed by atoms with Crippen molar-refractivity contribution in [2.75, 3.05) is 13.1 Å². The lowest BCUT2D eigenvalue weighted by Gasteiger charge is -2.25. The highest BCUT2D eigenvalue weighted by Crippen LogP contribution is 2.12. The molecule has 40 heavy (non-hydrogen) atoms. The van der Waals surface area contributed by atoms with Gasteiger partial charge in [0.15, 0.2) is 0 Å². The van der Waals surface area contributed by atoms with Crippen molar-refractivity contribution in [2.45, 2.75) is 97.1 Å². The molecule has 0 radical (unpaired) electrons.